The quantitative estimate of drug-likeness (QED) is 0.482. The SMILES string of the molecule is NCC(=O)N[C@@H](Cc1c[nH]c2ccccc12)C(=O)NCC1CCNC1. The monoisotopic (exact) mass is 343 g/mol. The van der Waals surface area contributed by atoms with Gasteiger partial charge in [0.15, 0.2) is 0 Å². The van der Waals surface area contributed by atoms with Crippen molar-refractivity contribution in [3.8, 4) is 0 Å². The van der Waals surface area contributed by atoms with Crippen molar-refractivity contribution < 1.29 is 9.59 Å². The van der Waals surface area contributed by atoms with Gasteiger partial charge in [-0.1, -0.05) is 18.2 Å². The maximum Gasteiger partial charge on any atom is 0.242 e. The van der Waals surface area contributed by atoms with E-state index in [4.69, 9.17) is 5.73 Å². The van der Waals surface area contributed by atoms with Crippen LogP contribution in [0.5, 0.6) is 0 Å². The van der Waals surface area contributed by atoms with E-state index in [0.29, 0.717) is 18.9 Å². The molecule has 2 atom stereocenters. The van der Waals surface area contributed by atoms with E-state index < -0.39 is 6.04 Å². The maximum atomic E-state index is 12.6. The highest BCUT2D eigenvalue weighted by molar-refractivity contribution is 5.90. The Morgan fingerprint density at radius 2 is 2.16 bits per heavy atom. The molecule has 25 heavy (non-hydrogen) atoms. The van der Waals surface area contributed by atoms with Crippen molar-refractivity contribution >= 4 is 22.7 Å². The molecule has 6 N–H and O–H groups in total. The molecule has 0 radical (unpaired) electrons. The number of rotatable bonds is 7. The van der Waals surface area contributed by atoms with Crippen LogP contribution >= 0.6 is 0 Å². The summed E-state index contributed by atoms with van der Waals surface area (Å²) in [6, 6.07) is 7.27. The predicted octanol–water partition coefficient (Wildman–Crippen LogP) is -0.120. The summed E-state index contributed by atoms with van der Waals surface area (Å²) in [5.74, 6) is -0.0515. The molecule has 0 bridgehead atoms. The lowest BCUT2D eigenvalue weighted by Crippen LogP contribution is -2.50. The number of hydrogen-bond donors (Lipinski definition) is 5. The van der Waals surface area contributed by atoms with E-state index in [1.807, 2.05) is 30.5 Å². The Morgan fingerprint density at radius 1 is 1.32 bits per heavy atom. The second-order valence-electron chi connectivity index (χ2n) is 6.49. The van der Waals surface area contributed by atoms with Crippen LogP contribution in [-0.4, -0.2) is 49.0 Å². The fraction of sp³-hybridized carbons (Fsp3) is 0.444. The predicted molar refractivity (Wildman–Crippen MR) is 97.0 cm³/mol. The Morgan fingerprint density at radius 3 is 2.92 bits per heavy atom. The lowest BCUT2D eigenvalue weighted by Gasteiger charge is -2.19. The van der Waals surface area contributed by atoms with Crippen LogP contribution in [0.3, 0.4) is 0 Å². The number of carbonyl (C=O) groups excluding carboxylic acids is 2. The summed E-state index contributed by atoms with van der Waals surface area (Å²) in [4.78, 5) is 27.6. The van der Waals surface area contributed by atoms with E-state index in [9.17, 15) is 9.59 Å². The number of nitrogens with two attached hydrogens (primary N) is 1. The average molecular weight is 343 g/mol. The third kappa shape index (κ3) is 4.37. The maximum absolute atomic E-state index is 12.6. The number of para-hydroxylation sites is 1. The van der Waals surface area contributed by atoms with Crippen LogP contribution in [-0.2, 0) is 16.0 Å². The van der Waals surface area contributed by atoms with Crippen molar-refractivity contribution in [1.82, 2.24) is 20.9 Å². The second-order valence-corrected chi connectivity index (χ2v) is 6.49. The Labute approximate surface area is 146 Å². The largest absolute Gasteiger partial charge is 0.361 e. The number of carbonyl (C=O) groups is 2. The third-order valence-corrected chi connectivity index (χ3v) is 4.66. The summed E-state index contributed by atoms with van der Waals surface area (Å²) >= 11 is 0. The molecular formula is C18H25N5O2. The molecule has 0 spiro atoms. The van der Waals surface area contributed by atoms with Crippen LogP contribution in [0.2, 0.25) is 0 Å². The summed E-state index contributed by atoms with van der Waals surface area (Å²) in [6.45, 7) is 2.39. The first kappa shape index (κ1) is 17.4. The summed E-state index contributed by atoms with van der Waals surface area (Å²) in [7, 11) is 0. The van der Waals surface area contributed by atoms with Gasteiger partial charge in [0.25, 0.3) is 0 Å². The lowest BCUT2D eigenvalue weighted by molar-refractivity contribution is -0.128. The minimum Gasteiger partial charge on any atom is -0.361 e. The van der Waals surface area contributed by atoms with Crippen LogP contribution in [0.4, 0.5) is 0 Å². The highest BCUT2D eigenvalue weighted by Gasteiger charge is 2.23. The van der Waals surface area contributed by atoms with E-state index >= 15 is 0 Å². The van der Waals surface area contributed by atoms with Gasteiger partial charge in [-0.2, -0.15) is 0 Å². The van der Waals surface area contributed by atoms with Gasteiger partial charge in [0.1, 0.15) is 6.04 Å². The zero-order valence-corrected chi connectivity index (χ0v) is 14.2. The number of benzene rings is 1. The number of nitrogens with one attached hydrogen (secondary N) is 4. The number of amides is 2. The van der Waals surface area contributed by atoms with Crippen molar-refractivity contribution in [2.45, 2.75) is 18.9 Å². The third-order valence-electron chi connectivity index (χ3n) is 4.66. The molecule has 2 amide bonds. The molecule has 1 aromatic heterocycles. The molecule has 134 valence electrons. The summed E-state index contributed by atoms with van der Waals surface area (Å²) < 4.78 is 0. The Kier molecular flexibility index (Phi) is 5.67. The van der Waals surface area contributed by atoms with Gasteiger partial charge < -0.3 is 26.7 Å². The fourth-order valence-corrected chi connectivity index (χ4v) is 3.24. The molecule has 7 nitrogen and oxygen atoms in total. The van der Waals surface area contributed by atoms with Crippen LogP contribution in [0.25, 0.3) is 10.9 Å². The van der Waals surface area contributed by atoms with Gasteiger partial charge in [-0.25, -0.2) is 0 Å². The molecule has 1 aliphatic rings. The van der Waals surface area contributed by atoms with Crippen LogP contribution in [0, 0.1) is 5.92 Å². The van der Waals surface area contributed by atoms with Crippen molar-refractivity contribution in [2.75, 3.05) is 26.2 Å². The molecule has 0 saturated carbocycles. The van der Waals surface area contributed by atoms with Gasteiger partial charge >= 0.3 is 0 Å². The molecule has 1 aromatic carbocycles. The Balaban J connectivity index is 1.69. The first-order valence-corrected chi connectivity index (χ1v) is 8.70. The minimum atomic E-state index is -0.635. The van der Waals surface area contributed by atoms with Gasteiger partial charge in [0.05, 0.1) is 6.54 Å². The molecule has 7 heteroatoms. The van der Waals surface area contributed by atoms with E-state index in [1.165, 1.54) is 0 Å². The van der Waals surface area contributed by atoms with Gasteiger partial charge in [-0.3, -0.25) is 9.59 Å². The van der Waals surface area contributed by atoms with Crippen LogP contribution in [0.1, 0.15) is 12.0 Å². The standard InChI is InChI=1S/C18H25N5O2/c19-8-17(24)23-16(18(25)22-10-12-5-6-20-9-12)7-13-11-21-15-4-2-1-3-14(13)15/h1-4,11-12,16,20-21H,5-10,19H2,(H,22,25)(H,23,24)/t12?,16-/m0/s1. The topological polar surface area (TPSA) is 112 Å². The number of fused-ring (bicyclic) bond motifs is 1. The van der Waals surface area contributed by atoms with Crippen molar-refractivity contribution in [3.05, 3.63) is 36.0 Å². The molecule has 2 aromatic rings. The molecular weight excluding hydrogens is 318 g/mol. The fourth-order valence-electron chi connectivity index (χ4n) is 3.24. The normalized spacial score (nSPS) is 18.2. The highest BCUT2D eigenvalue weighted by atomic mass is 16.2. The van der Waals surface area contributed by atoms with Crippen molar-refractivity contribution in [3.63, 3.8) is 0 Å². The van der Waals surface area contributed by atoms with E-state index in [1.54, 1.807) is 0 Å². The number of hydrogen-bond acceptors (Lipinski definition) is 4. The number of aromatic amines is 1. The second kappa shape index (κ2) is 8.13. The minimum absolute atomic E-state index is 0.135. The first-order chi connectivity index (χ1) is 12.2. The van der Waals surface area contributed by atoms with Gasteiger partial charge in [0.2, 0.25) is 11.8 Å². The van der Waals surface area contributed by atoms with Crippen molar-refractivity contribution in [2.24, 2.45) is 11.7 Å². The smallest absolute Gasteiger partial charge is 0.242 e. The van der Waals surface area contributed by atoms with E-state index in [-0.39, 0.29) is 18.4 Å². The summed E-state index contributed by atoms with van der Waals surface area (Å²) in [5, 5.41) is 10.0. The van der Waals surface area contributed by atoms with Crippen LogP contribution < -0.4 is 21.7 Å². The summed E-state index contributed by atoms with van der Waals surface area (Å²) in [6.07, 6.45) is 3.37. The Hall–Kier alpha value is -2.38. The number of aromatic nitrogens is 1. The van der Waals surface area contributed by atoms with E-state index in [0.717, 1.165) is 36.0 Å². The average Bonchev–Trinajstić information content (AvgIpc) is 3.29. The van der Waals surface area contributed by atoms with Crippen LogP contribution in [0.15, 0.2) is 30.5 Å². The zero-order valence-electron chi connectivity index (χ0n) is 14.2. The lowest BCUT2D eigenvalue weighted by atomic mass is 10.0. The zero-order chi connectivity index (χ0) is 17.6. The van der Waals surface area contributed by atoms with E-state index in [2.05, 4.69) is 20.9 Å². The number of H-pyrrole nitrogens is 1. The highest BCUT2D eigenvalue weighted by Crippen LogP contribution is 2.19. The van der Waals surface area contributed by atoms with Gasteiger partial charge in [-0.15, -0.1) is 0 Å². The molecule has 1 unspecified atom stereocenters. The molecule has 0 aliphatic carbocycles. The first-order valence-electron chi connectivity index (χ1n) is 8.70. The molecule has 1 fully saturated rings. The molecule has 1 saturated heterocycles. The van der Waals surface area contributed by atoms with Gasteiger partial charge in [0, 0.05) is 30.1 Å². The summed E-state index contributed by atoms with van der Waals surface area (Å²) in [5.41, 5.74) is 7.41. The Bertz CT molecular complexity index is 736. The van der Waals surface area contributed by atoms with Gasteiger partial charge in [-0.05, 0) is 37.1 Å². The molecule has 1 aliphatic heterocycles. The molecule has 2 heterocycles. The van der Waals surface area contributed by atoms with Crippen molar-refractivity contribution in [1.29, 1.82) is 0 Å². The molecule has 3 rings (SSSR count).